The van der Waals surface area contributed by atoms with E-state index in [-0.39, 0.29) is 12.2 Å². The monoisotopic (exact) mass is 463 g/mol. The van der Waals surface area contributed by atoms with E-state index in [1.807, 2.05) is 12.1 Å². The Labute approximate surface area is 195 Å². The molecule has 0 unspecified atom stereocenters. The Morgan fingerprint density at radius 3 is 2.58 bits per heavy atom. The van der Waals surface area contributed by atoms with E-state index in [2.05, 4.69) is 39.1 Å². The lowest BCUT2D eigenvalue weighted by atomic mass is 10.2. The van der Waals surface area contributed by atoms with Crippen molar-refractivity contribution in [1.29, 1.82) is 0 Å². The minimum atomic E-state index is -0.983. The molecule has 0 aliphatic carbocycles. The van der Waals surface area contributed by atoms with E-state index in [9.17, 15) is 4.79 Å². The Kier molecular flexibility index (Phi) is 6.76. The average Bonchev–Trinajstić information content (AvgIpc) is 2.79. The Morgan fingerprint density at radius 2 is 1.88 bits per heavy atom. The second-order valence-electron chi connectivity index (χ2n) is 7.81. The number of nitrogens with one attached hydrogen (secondary N) is 1. The predicted octanol–water partition coefficient (Wildman–Crippen LogP) is 5.35. The van der Waals surface area contributed by atoms with E-state index >= 15 is 0 Å². The van der Waals surface area contributed by atoms with Crippen LogP contribution < -0.4 is 5.32 Å². The van der Waals surface area contributed by atoms with Crippen LogP contribution in [0.1, 0.15) is 30.0 Å². The molecule has 0 radical (unpaired) electrons. The number of benzene rings is 1. The van der Waals surface area contributed by atoms with Crippen LogP contribution in [0.15, 0.2) is 54.7 Å². The number of hydrogen-bond acceptors (Lipinski definition) is 7. The maximum absolute atomic E-state index is 11.1. The van der Waals surface area contributed by atoms with Gasteiger partial charge in [0.05, 0.1) is 21.7 Å². The largest absolute Gasteiger partial charge is 0.478 e. The SMILES string of the molecule is CC(C)COCc1nc(Nc2ccc(C(=O)O)cc2)c2ccc(-c3ncccc3Cl)nc2n1. The molecule has 3 heterocycles. The normalized spacial score (nSPS) is 11.2. The molecule has 3 aromatic heterocycles. The zero-order chi connectivity index (χ0) is 23.4. The van der Waals surface area contributed by atoms with Gasteiger partial charge in [-0.1, -0.05) is 25.4 Å². The number of rotatable bonds is 8. The zero-order valence-electron chi connectivity index (χ0n) is 18.1. The molecule has 0 aliphatic rings. The summed E-state index contributed by atoms with van der Waals surface area (Å²) in [5.74, 6) is 0.414. The first-order chi connectivity index (χ1) is 15.9. The van der Waals surface area contributed by atoms with Crippen molar-refractivity contribution in [3.63, 3.8) is 0 Å². The second kappa shape index (κ2) is 9.89. The van der Waals surface area contributed by atoms with Crippen molar-refractivity contribution in [3.05, 3.63) is 71.1 Å². The first-order valence-electron chi connectivity index (χ1n) is 10.4. The van der Waals surface area contributed by atoms with Crippen LogP contribution in [-0.4, -0.2) is 37.6 Å². The molecule has 0 saturated carbocycles. The molecule has 0 amide bonds. The van der Waals surface area contributed by atoms with Gasteiger partial charge >= 0.3 is 5.97 Å². The zero-order valence-corrected chi connectivity index (χ0v) is 18.9. The van der Waals surface area contributed by atoms with Gasteiger partial charge in [-0.15, -0.1) is 0 Å². The molecule has 168 valence electrons. The van der Waals surface area contributed by atoms with Crippen LogP contribution >= 0.6 is 11.6 Å². The summed E-state index contributed by atoms with van der Waals surface area (Å²) in [6, 6.07) is 13.6. The third-order valence-electron chi connectivity index (χ3n) is 4.68. The van der Waals surface area contributed by atoms with Crippen molar-refractivity contribution in [3.8, 4) is 11.4 Å². The fourth-order valence-corrected chi connectivity index (χ4v) is 3.36. The molecular weight excluding hydrogens is 442 g/mol. The third-order valence-corrected chi connectivity index (χ3v) is 4.99. The number of ether oxygens (including phenoxy) is 1. The van der Waals surface area contributed by atoms with Crippen molar-refractivity contribution in [1.82, 2.24) is 19.9 Å². The number of carboxylic acids is 1. The van der Waals surface area contributed by atoms with Gasteiger partial charge < -0.3 is 15.2 Å². The van der Waals surface area contributed by atoms with Crippen LogP contribution in [0.4, 0.5) is 11.5 Å². The molecule has 0 aliphatic heterocycles. The second-order valence-corrected chi connectivity index (χ2v) is 8.21. The molecule has 4 aromatic rings. The molecule has 2 N–H and O–H groups in total. The molecule has 33 heavy (non-hydrogen) atoms. The number of hydrogen-bond donors (Lipinski definition) is 2. The van der Waals surface area contributed by atoms with Crippen molar-refractivity contribution in [2.24, 2.45) is 5.92 Å². The number of halogens is 1. The number of pyridine rings is 2. The first kappa shape index (κ1) is 22.6. The van der Waals surface area contributed by atoms with Gasteiger partial charge in [0.1, 0.15) is 18.1 Å². The van der Waals surface area contributed by atoms with Crippen LogP contribution in [0.2, 0.25) is 5.02 Å². The lowest BCUT2D eigenvalue weighted by Gasteiger charge is -2.12. The summed E-state index contributed by atoms with van der Waals surface area (Å²) in [5.41, 5.74) is 2.52. The molecule has 0 atom stereocenters. The van der Waals surface area contributed by atoms with Crippen LogP contribution in [0.3, 0.4) is 0 Å². The smallest absolute Gasteiger partial charge is 0.335 e. The maximum Gasteiger partial charge on any atom is 0.335 e. The van der Waals surface area contributed by atoms with Gasteiger partial charge in [0.15, 0.2) is 11.5 Å². The molecule has 0 bridgehead atoms. The molecule has 0 fully saturated rings. The molecule has 0 saturated heterocycles. The highest BCUT2D eigenvalue weighted by Gasteiger charge is 2.14. The van der Waals surface area contributed by atoms with E-state index in [0.717, 1.165) is 0 Å². The fourth-order valence-electron chi connectivity index (χ4n) is 3.14. The van der Waals surface area contributed by atoms with Gasteiger partial charge in [-0.25, -0.2) is 19.7 Å². The Hall–Kier alpha value is -3.62. The van der Waals surface area contributed by atoms with Crippen molar-refractivity contribution >= 4 is 40.1 Å². The number of carbonyl (C=O) groups is 1. The van der Waals surface area contributed by atoms with Gasteiger partial charge in [-0.2, -0.15) is 0 Å². The number of anilines is 2. The van der Waals surface area contributed by atoms with Crippen LogP contribution in [0.25, 0.3) is 22.4 Å². The van der Waals surface area contributed by atoms with E-state index < -0.39 is 5.97 Å². The van der Waals surface area contributed by atoms with Gasteiger partial charge in [-0.3, -0.25) is 4.98 Å². The molecule has 0 spiro atoms. The number of carboxylic acid groups (broad SMARTS) is 1. The van der Waals surface area contributed by atoms with Crippen LogP contribution in [0.5, 0.6) is 0 Å². The molecule has 4 rings (SSSR count). The van der Waals surface area contributed by atoms with E-state index in [0.29, 0.717) is 57.3 Å². The highest BCUT2D eigenvalue weighted by molar-refractivity contribution is 6.32. The van der Waals surface area contributed by atoms with E-state index in [4.69, 9.17) is 21.4 Å². The van der Waals surface area contributed by atoms with Gasteiger partial charge in [0.25, 0.3) is 0 Å². The summed E-state index contributed by atoms with van der Waals surface area (Å²) < 4.78 is 5.73. The van der Waals surface area contributed by atoms with E-state index in [1.54, 1.807) is 30.5 Å². The summed E-state index contributed by atoms with van der Waals surface area (Å²) in [5, 5.41) is 13.6. The molecule has 9 heteroatoms. The Bertz CT molecular complexity index is 1300. The molecule has 8 nitrogen and oxygen atoms in total. The summed E-state index contributed by atoms with van der Waals surface area (Å²) in [4.78, 5) is 29.4. The standard InChI is InChI=1S/C24H22ClN5O3/c1-14(2)12-33-13-20-29-22(27-16-7-5-15(6-8-16)24(31)32)17-9-10-19(28-23(17)30-20)21-18(25)4-3-11-26-21/h3-11,14H,12-13H2,1-2H3,(H,31,32)(H,27,28,29,30). The number of aromatic nitrogens is 4. The minimum absolute atomic E-state index is 0.203. The lowest BCUT2D eigenvalue weighted by molar-refractivity contribution is 0.0697. The van der Waals surface area contributed by atoms with E-state index in [1.165, 1.54) is 12.1 Å². The molecular formula is C24H22ClN5O3. The lowest BCUT2D eigenvalue weighted by Crippen LogP contribution is -2.08. The van der Waals surface area contributed by atoms with Gasteiger partial charge in [0, 0.05) is 18.5 Å². The van der Waals surface area contributed by atoms with Gasteiger partial charge in [-0.05, 0) is 54.4 Å². The molecule has 1 aromatic carbocycles. The highest BCUT2D eigenvalue weighted by Crippen LogP contribution is 2.28. The highest BCUT2D eigenvalue weighted by atomic mass is 35.5. The summed E-state index contributed by atoms with van der Waals surface area (Å²) in [7, 11) is 0. The Balaban J connectivity index is 1.74. The summed E-state index contributed by atoms with van der Waals surface area (Å²) in [6.07, 6.45) is 1.66. The van der Waals surface area contributed by atoms with Crippen LogP contribution in [-0.2, 0) is 11.3 Å². The first-order valence-corrected chi connectivity index (χ1v) is 10.7. The average molecular weight is 464 g/mol. The fraction of sp³-hybridized carbons (Fsp3) is 0.208. The quantitative estimate of drug-likeness (QED) is 0.359. The number of nitrogens with zero attached hydrogens (tertiary/aromatic N) is 4. The Morgan fingerprint density at radius 1 is 1.09 bits per heavy atom. The van der Waals surface area contributed by atoms with Crippen molar-refractivity contribution in [2.75, 3.05) is 11.9 Å². The predicted molar refractivity (Wildman–Crippen MR) is 127 cm³/mol. The summed E-state index contributed by atoms with van der Waals surface area (Å²) >= 11 is 6.30. The van der Waals surface area contributed by atoms with Crippen molar-refractivity contribution < 1.29 is 14.6 Å². The maximum atomic E-state index is 11.1. The topological polar surface area (TPSA) is 110 Å². The number of aromatic carboxylic acids is 1. The minimum Gasteiger partial charge on any atom is -0.478 e. The van der Waals surface area contributed by atoms with Crippen molar-refractivity contribution in [2.45, 2.75) is 20.5 Å². The summed E-state index contributed by atoms with van der Waals surface area (Å²) in [6.45, 7) is 4.95. The van der Waals surface area contributed by atoms with Gasteiger partial charge in [0.2, 0.25) is 0 Å². The number of fused-ring (bicyclic) bond motifs is 1. The third kappa shape index (κ3) is 5.42. The van der Waals surface area contributed by atoms with Crippen LogP contribution in [0, 0.1) is 5.92 Å².